The molecule has 0 radical (unpaired) electrons. The predicted octanol–water partition coefficient (Wildman–Crippen LogP) is 4.81. The molecule has 0 saturated carbocycles. The van der Waals surface area contributed by atoms with Gasteiger partial charge in [-0.25, -0.2) is 0 Å². The van der Waals surface area contributed by atoms with Gasteiger partial charge in [0.1, 0.15) is 11.5 Å². The maximum atomic E-state index is 12.8. The monoisotopic (exact) mass is 388 g/mol. The number of nitrogens with zero attached hydrogens (tertiary/aromatic N) is 1. The van der Waals surface area contributed by atoms with Crippen molar-refractivity contribution in [1.82, 2.24) is 4.90 Å². The van der Waals surface area contributed by atoms with Crippen LogP contribution in [0.5, 0.6) is 11.5 Å². The number of aryl methyl sites for hydroxylation is 2. The van der Waals surface area contributed by atoms with Crippen molar-refractivity contribution in [3.63, 3.8) is 0 Å². The van der Waals surface area contributed by atoms with Gasteiger partial charge in [0.25, 0.3) is 5.91 Å². The van der Waals surface area contributed by atoms with Crippen LogP contribution >= 0.6 is 0 Å². The Morgan fingerprint density at radius 2 is 1.48 bits per heavy atom. The Morgan fingerprint density at radius 3 is 2.17 bits per heavy atom. The smallest absolute Gasteiger partial charge is 0.254 e. The van der Waals surface area contributed by atoms with E-state index in [1.807, 2.05) is 62.4 Å². The molecule has 0 aromatic heterocycles. The first-order valence-electron chi connectivity index (χ1n) is 9.38. The molecule has 5 heteroatoms. The number of hydrogen-bond donors (Lipinski definition) is 1. The number of ether oxygens (including phenoxy) is 1. The van der Waals surface area contributed by atoms with Gasteiger partial charge in [0.15, 0.2) is 0 Å². The van der Waals surface area contributed by atoms with Crippen LogP contribution in [-0.4, -0.2) is 30.3 Å². The summed E-state index contributed by atoms with van der Waals surface area (Å²) in [5.74, 6) is 0.768. The molecule has 3 aromatic rings. The van der Waals surface area contributed by atoms with E-state index in [1.165, 1.54) is 4.90 Å². The first-order valence-corrected chi connectivity index (χ1v) is 9.38. The quantitative estimate of drug-likeness (QED) is 0.659. The molecule has 0 unspecified atom stereocenters. The van der Waals surface area contributed by atoms with Gasteiger partial charge in [0, 0.05) is 18.3 Å². The standard InChI is InChI=1S/C24H24N2O3/c1-17-9-7-10-18(2)23(17)25-22(27)16-26(3)24(28)19-11-8-14-21(15-19)29-20-12-5-4-6-13-20/h4-15H,16H2,1-3H3,(H,25,27). The number of hydrogen-bond acceptors (Lipinski definition) is 3. The molecule has 5 nitrogen and oxygen atoms in total. The average molecular weight is 388 g/mol. The Morgan fingerprint density at radius 1 is 0.862 bits per heavy atom. The minimum atomic E-state index is -0.250. The van der Waals surface area contributed by atoms with Crippen LogP contribution in [0.4, 0.5) is 5.69 Å². The van der Waals surface area contributed by atoms with Crippen LogP contribution in [0.15, 0.2) is 72.8 Å². The third-order valence-electron chi connectivity index (χ3n) is 4.53. The molecule has 3 rings (SSSR count). The van der Waals surface area contributed by atoms with E-state index in [2.05, 4.69) is 5.32 Å². The molecule has 0 aliphatic heterocycles. The second kappa shape index (κ2) is 9.06. The predicted molar refractivity (Wildman–Crippen MR) is 114 cm³/mol. The van der Waals surface area contributed by atoms with E-state index in [9.17, 15) is 9.59 Å². The zero-order valence-electron chi connectivity index (χ0n) is 16.8. The van der Waals surface area contributed by atoms with Crippen molar-refractivity contribution in [3.8, 4) is 11.5 Å². The van der Waals surface area contributed by atoms with E-state index >= 15 is 0 Å². The fraction of sp³-hybridized carbons (Fsp3) is 0.167. The summed E-state index contributed by atoms with van der Waals surface area (Å²) in [5.41, 5.74) is 3.22. The van der Waals surface area contributed by atoms with Crippen LogP contribution in [-0.2, 0) is 4.79 Å². The van der Waals surface area contributed by atoms with Gasteiger partial charge in [0.2, 0.25) is 5.91 Å². The summed E-state index contributed by atoms with van der Waals surface area (Å²) in [6.07, 6.45) is 0. The summed E-state index contributed by atoms with van der Waals surface area (Å²) < 4.78 is 5.79. The van der Waals surface area contributed by atoms with Gasteiger partial charge >= 0.3 is 0 Å². The largest absolute Gasteiger partial charge is 0.457 e. The lowest BCUT2D eigenvalue weighted by molar-refractivity contribution is -0.116. The first-order chi connectivity index (χ1) is 13.9. The highest BCUT2D eigenvalue weighted by Crippen LogP contribution is 2.22. The van der Waals surface area contributed by atoms with Gasteiger partial charge in [0.05, 0.1) is 6.54 Å². The highest BCUT2D eigenvalue weighted by atomic mass is 16.5. The fourth-order valence-corrected chi connectivity index (χ4v) is 3.02. The number of carbonyl (C=O) groups is 2. The minimum absolute atomic E-state index is 0.0453. The molecule has 0 aliphatic carbocycles. The Kier molecular flexibility index (Phi) is 6.29. The van der Waals surface area contributed by atoms with Crippen molar-refractivity contribution < 1.29 is 14.3 Å². The zero-order valence-corrected chi connectivity index (χ0v) is 16.8. The van der Waals surface area contributed by atoms with Gasteiger partial charge in [-0.1, -0.05) is 42.5 Å². The van der Waals surface area contributed by atoms with E-state index in [1.54, 1.807) is 31.3 Å². The number of anilines is 1. The molecule has 0 spiro atoms. The van der Waals surface area contributed by atoms with Crippen molar-refractivity contribution in [2.75, 3.05) is 18.9 Å². The molecular formula is C24H24N2O3. The van der Waals surface area contributed by atoms with Crippen LogP contribution in [0, 0.1) is 13.8 Å². The number of likely N-dealkylation sites (N-methyl/N-ethyl adjacent to an activating group) is 1. The van der Waals surface area contributed by atoms with Gasteiger partial charge in [-0.2, -0.15) is 0 Å². The highest BCUT2D eigenvalue weighted by molar-refractivity contribution is 5.99. The van der Waals surface area contributed by atoms with E-state index < -0.39 is 0 Å². The van der Waals surface area contributed by atoms with Crippen LogP contribution in [0.2, 0.25) is 0 Å². The minimum Gasteiger partial charge on any atom is -0.457 e. The molecule has 1 N–H and O–H groups in total. The number of carbonyl (C=O) groups excluding carboxylic acids is 2. The molecule has 3 aromatic carbocycles. The van der Waals surface area contributed by atoms with E-state index in [4.69, 9.17) is 4.74 Å². The maximum absolute atomic E-state index is 12.8. The highest BCUT2D eigenvalue weighted by Gasteiger charge is 2.16. The van der Waals surface area contributed by atoms with Gasteiger partial charge in [-0.05, 0) is 55.3 Å². The summed E-state index contributed by atoms with van der Waals surface area (Å²) in [6.45, 7) is 3.84. The lowest BCUT2D eigenvalue weighted by Gasteiger charge is -2.18. The van der Waals surface area contributed by atoms with Crippen LogP contribution in [0.3, 0.4) is 0 Å². The lowest BCUT2D eigenvalue weighted by atomic mass is 10.1. The maximum Gasteiger partial charge on any atom is 0.254 e. The topological polar surface area (TPSA) is 58.6 Å². The normalized spacial score (nSPS) is 10.3. The fourth-order valence-electron chi connectivity index (χ4n) is 3.02. The number of amides is 2. The molecule has 0 heterocycles. The molecule has 0 fully saturated rings. The number of para-hydroxylation sites is 2. The van der Waals surface area contributed by atoms with E-state index in [-0.39, 0.29) is 18.4 Å². The van der Waals surface area contributed by atoms with E-state index in [0.29, 0.717) is 17.1 Å². The van der Waals surface area contributed by atoms with E-state index in [0.717, 1.165) is 16.8 Å². The second-order valence-electron chi connectivity index (χ2n) is 6.92. The van der Waals surface area contributed by atoms with Crippen LogP contribution in [0.25, 0.3) is 0 Å². The Bertz CT molecular complexity index is 995. The summed E-state index contributed by atoms with van der Waals surface area (Å²) in [7, 11) is 1.61. The van der Waals surface area contributed by atoms with Crippen molar-refractivity contribution in [3.05, 3.63) is 89.5 Å². The van der Waals surface area contributed by atoms with Crippen molar-refractivity contribution >= 4 is 17.5 Å². The summed E-state index contributed by atoms with van der Waals surface area (Å²) in [6, 6.07) is 22.1. The van der Waals surface area contributed by atoms with Gasteiger partial charge < -0.3 is 15.0 Å². The Labute approximate surface area is 170 Å². The Balaban J connectivity index is 1.65. The van der Waals surface area contributed by atoms with Crippen molar-refractivity contribution in [2.45, 2.75) is 13.8 Å². The number of rotatable bonds is 6. The van der Waals surface area contributed by atoms with Crippen molar-refractivity contribution in [2.24, 2.45) is 0 Å². The molecule has 0 atom stereocenters. The molecule has 29 heavy (non-hydrogen) atoms. The lowest BCUT2D eigenvalue weighted by Crippen LogP contribution is -2.35. The van der Waals surface area contributed by atoms with Gasteiger partial charge in [-0.15, -0.1) is 0 Å². The summed E-state index contributed by atoms with van der Waals surface area (Å²) >= 11 is 0. The summed E-state index contributed by atoms with van der Waals surface area (Å²) in [4.78, 5) is 26.6. The molecule has 0 bridgehead atoms. The number of nitrogens with one attached hydrogen (secondary N) is 1. The third-order valence-corrected chi connectivity index (χ3v) is 4.53. The Hall–Kier alpha value is -3.60. The molecule has 2 amide bonds. The van der Waals surface area contributed by atoms with Gasteiger partial charge in [-0.3, -0.25) is 9.59 Å². The number of benzene rings is 3. The SMILES string of the molecule is Cc1cccc(C)c1NC(=O)CN(C)C(=O)c1cccc(Oc2ccccc2)c1. The second-order valence-corrected chi connectivity index (χ2v) is 6.92. The molecule has 0 saturated heterocycles. The third kappa shape index (κ3) is 5.23. The van der Waals surface area contributed by atoms with Crippen LogP contribution < -0.4 is 10.1 Å². The summed E-state index contributed by atoms with van der Waals surface area (Å²) in [5, 5.41) is 2.90. The zero-order chi connectivity index (χ0) is 20.8. The average Bonchev–Trinajstić information content (AvgIpc) is 2.71. The first kappa shape index (κ1) is 20.1. The van der Waals surface area contributed by atoms with Crippen molar-refractivity contribution in [1.29, 1.82) is 0 Å². The molecule has 148 valence electrons. The molecule has 0 aliphatic rings. The molecular weight excluding hydrogens is 364 g/mol. The van der Waals surface area contributed by atoms with Crippen LogP contribution in [0.1, 0.15) is 21.5 Å².